The number of carbonyl (C=O) groups excluding carboxylic acids is 1. The topological polar surface area (TPSA) is 35.5 Å². The molecule has 0 aliphatic heterocycles. The smallest absolute Gasteiger partial charge is 0.158 e. The molecule has 0 radical (unpaired) electrons. The van der Waals surface area contributed by atoms with Gasteiger partial charge >= 0.3 is 0 Å². The van der Waals surface area contributed by atoms with Crippen LogP contribution in [-0.4, -0.2) is 26.1 Å². The molecular formula is C18H22O3. The summed E-state index contributed by atoms with van der Waals surface area (Å²) in [5, 5.41) is 0. The number of rotatable bonds is 7. The first kappa shape index (κ1) is 15.5. The molecular weight excluding hydrogens is 264 g/mol. The van der Waals surface area contributed by atoms with Gasteiger partial charge in [-0.2, -0.15) is 0 Å². The summed E-state index contributed by atoms with van der Waals surface area (Å²) in [6.07, 6.45) is 10.6. The maximum atomic E-state index is 11.7. The summed E-state index contributed by atoms with van der Waals surface area (Å²) in [6.45, 7) is 1.13. The Hall–Kier alpha value is -1.87. The summed E-state index contributed by atoms with van der Waals surface area (Å²) in [7, 11) is 1.66. The number of ketones is 1. The van der Waals surface area contributed by atoms with Crippen LogP contribution in [0.4, 0.5) is 0 Å². The van der Waals surface area contributed by atoms with E-state index in [1.165, 1.54) is 0 Å². The van der Waals surface area contributed by atoms with Crippen LogP contribution in [0.3, 0.4) is 0 Å². The summed E-state index contributed by atoms with van der Waals surface area (Å²) in [6, 6.07) is 7.93. The Kier molecular flexibility index (Phi) is 6.22. The largest absolute Gasteiger partial charge is 0.491 e. The van der Waals surface area contributed by atoms with E-state index in [0.29, 0.717) is 13.2 Å². The van der Waals surface area contributed by atoms with Crippen LogP contribution < -0.4 is 4.74 Å². The van der Waals surface area contributed by atoms with E-state index in [-0.39, 0.29) is 11.7 Å². The average molecular weight is 286 g/mol. The summed E-state index contributed by atoms with van der Waals surface area (Å²) in [5.74, 6) is 1.24. The minimum Gasteiger partial charge on any atom is -0.491 e. The summed E-state index contributed by atoms with van der Waals surface area (Å²) in [5.41, 5.74) is 1.09. The van der Waals surface area contributed by atoms with Gasteiger partial charge in [0, 0.05) is 13.0 Å². The van der Waals surface area contributed by atoms with Gasteiger partial charge in [-0.1, -0.05) is 30.4 Å². The van der Waals surface area contributed by atoms with Gasteiger partial charge in [-0.25, -0.2) is 0 Å². The lowest BCUT2D eigenvalue weighted by Crippen LogP contribution is -2.13. The zero-order valence-corrected chi connectivity index (χ0v) is 12.5. The third-order valence-electron chi connectivity index (χ3n) is 3.51. The van der Waals surface area contributed by atoms with Crippen LogP contribution in [0.15, 0.2) is 42.5 Å². The van der Waals surface area contributed by atoms with Crippen molar-refractivity contribution in [2.45, 2.75) is 19.3 Å². The highest BCUT2D eigenvalue weighted by molar-refractivity contribution is 5.92. The van der Waals surface area contributed by atoms with E-state index in [4.69, 9.17) is 9.47 Å². The molecule has 3 nitrogen and oxygen atoms in total. The van der Waals surface area contributed by atoms with Crippen molar-refractivity contribution in [3.63, 3.8) is 0 Å². The Morgan fingerprint density at radius 2 is 2.24 bits per heavy atom. The monoisotopic (exact) mass is 286 g/mol. The summed E-state index contributed by atoms with van der Waals surface area (Å²) >= 11 is 0. The second kappa shape index (κ2) is 8.42. The molecule has 1 aliphatic carbocycles. The van der Waals surface area contributed by atoms with Crippen molar-refractivity contribution in [3.05, 3.63) is 48.1 Å². The number of allylic oxidation sites excluding steroid dienone is 3. The Bertz CT molecular complexity index is 517. The molecule has 112 valence electrons. The van der Waals surface area contributed by atoms with Crippen LogP contribution in [0, 0.1) is 5.92 Å². The molecule has 0 N–H and O–H groups in total. The number of benzene rings is 1. The van der Waals surface area contributed by atoms with E-state index in [2.05, 4.69) is 12.2 Å². The second-order valence-corrected chi connectivity index (χ2v) is 5.13. The quantitative estimate of drug-likeness (QED) is 0.718. The first-order valence-corrected chi connectivity index (χ1v) is 7.38. The van der Waals surface area contributed by atoms with Crippen molar-refractivity contribution in [2.75, 3.05) is 20.3 Å². The molecule has 0 saturated heterocycles. The molecule has 0 bridgehead atoms. The van der Waals surface area contributed by atoms with Crippen molar-refractivity contribution < 1.29 is 14.3 Å². The minimum absolute atomic E-state index is 0.146. The molecule has 1 aromatic carbocycles. The maximum absolute atomic E-state index is 11.7. The zero-order valence-electron chi connectivity index (χ0n) is 12.5. The van der Waals surface area contributed by atoms with Crippen LogP contribution in [-0.2, 0) is 9.53 Å². The van der Waals surface area contributed by atoms with E-state index in [9.17, 15) is 4.79 Å². The first-order chi connectivity index (χ1) is 10.3. The molecule has 1 atom stereocenters. The maximum Gasteiger partial charge on any atom is 0.158 e. The molecule has 0 heterocycles. The van der Waals surface area contributed by atoms with Crippen molar-refractivity contribution in [1.82, 2.24) is 0 Å². The van der Waals surface area contributed by atoms with Crippen molar-refractivity contribution in [1.29, 1.82) is 0 Å². The first-order valence-electron chi connectivity index (χ1n) is 7.38. The molecule has 0 aromatic heterocycles. The van der Waals surface area contributed by atoms with Gasteiger partial charge in [-0.05, 0) is 43.0 Å². The molecule has 0 saturated carbocycles. The SMILES string of the molecule is COCCOc1cccc(C=CCC2CCC=CC2=O)c1. The highest BCUT2D eigenvalue weighted by Crippen LogP contribution is 2.20. The fourth-order valence-electron chi connectivity index (χ4n) is 2.33. The van der Waals surface area contributed by atoms with Crippen molar-refractivity contribution >= 4 is 11.9 Å². The number of ether oxygens (including phenoxy) is 2. The van der Waals surface area contributed by atoms with Gasteiger partial charge < -0.3 is 9.47 Å². The number of methoxy groups -OCH3 is 1. The van der Waals surface area contributed by atoms with Crippen LogP contribution >= 0.6 is 0 Å². The molecule has 3 heteroatoms. The van der Waals surface area contributed by atoms with Crippen LogP contribution in [0.25, 0.3) is 6.08 Å². The van der Waals surface area contributed by atoms with Gasteiger partial charge in [0.2, 0.25) is 0 Å². The molecule has 21 heavy (non-hydrogen) atoms. The van der Waals surface area contributed by atoms with Gasteiger partial charge in [-0.15, -0.1) is 0 Å². The van der Waals surface area contributed by atoms with Gasteiger partial charge in [0.1, 0.15) is 12.4 Å². The standard InChI is InChI=1S/C18H22O3/c1-20-12-13-21-17-10-5-7-15(14-17)6-4-9-16-8-2-3-11-18(16)19/h3-7,10-11,14,16H,2,8-9,12-13H2,1H3. The highest BCUT2D eigenvalue weighted by Gasteiger charge is 2.16. The number of carbonyl (C=O) groups is 1. The van der Waals surface area contributed by atoms with Gasteiger partial charge in [0.05, 0.1) is 6.61 Å². The molecule has 1 aromatic rings. The third kappa shape index (κ3) is 5.20. The summed E-state index contributed by atoms with van der Waals surface area (Å²) < 4.78 is 10.5. The number of hydrogen-bond donors (Lipinski definition) is 0. The lowest BCUT2D eigenvalue weighted by molar-refractivity contribution is -0.118. The Labute approximate surface area is 126 Å². The van der Waals surface area contributed by atoms with E-state index in [0.717, 1.165) is 30.6 Å². The Morgan fingerprint density at radius 3 is 3.05 bits per heavy atom. The predicted molar refractivity (Wildman–Crippen MR) is 84.3 cm³/mol. The molecule has 0 spiro atoms. The number of hydrogen-bond acceptors (Lipinski definition) is 3. The lowest BCUT2D eigenvalue weighted by Gasteiger charge is -2.13. The Balaban J connectivity index is 1.87. The van der Waals surface area contributed by atoms with Gasteiger partial charge in [0.15, 0.2) is 5.78 Å². The summed E-state index contributed by atoms with van der Waals surface area (Å²) in [4.78, 5) is 11.7. The second-order valence-electron chi connectivity index (χ2n) is 5.13. The fraction of sp³-hybridized carbons (Fsp3) is 0.389. The molecule has 1 unspecified atom stereocenters. The van der Waals surface area contributed by atoms with E-state index >= 15 is 0 Å². The van der Waals surface area contributed by atoms with Crippen molar-refractivity contribution in [3.8, 4) is 5.75 Å². The van der Waals surface area contributed by atoms with Crippen LogP contribution in [0.5, 0.6) is 5.75 Å². The highest BCUT2D eigenvalue weighted by atomic mass is 16.5. The van der Waals surface area contributed by atoms with Gasteiger partial charge in [0.25, 0.3) is 0 Å². The normalized spacial score (nSPS) is 18.3. The third-order valence-corrected chi connectivity index (χ3v) is 3.51. The molecule has 2 rings (SSSR count). The van der Waals surface area contributed by atoms with E-state index < -0.39 is 0 Å². The predicted octanol–water partition coefficient (Wildman–Crippen LogP) is 3.65. The van der Waals surface area contributed by atoms with Gasteiger partial charge in [-0.3, -0.25) is 4.79 Å². The molecule has 0 amide bonds. The zero-order chi connectivity index (χ0) is 14.9. The lowest BCUT2D eigenvalue weighted by atomic mass is 9.90. The fourth-order valence-corrected chi connectivity index (χ4v) is 2.33. The average Bonchev–Trinajstić information content (AvgIpc) is 2.50. The van der Waals surface area contributed by atoms with Crippen LogP contribution in [0.1, 0.15) is 24.8 Å². The molecule has 1 aliphatic rings. The minimum atomic E-state index is 0.146. The van der Waals surface area contributed by atoms with E-state index in [1.54, 1.807) is 13.2 Å². The van der Waals surface area contributed by atoms with Crippen LogP contribution in [0.2, 0.25) is 0 Å². The molecule has 0 fully saturated rings. The van der Waals surface area contributed by atoms with E-state index in [1.807, 2.05) is 30.3 Å². The van der Waals surface area contributed by atoms with Crippen molar-refractivity contribution in [2.24, 2.45) is 5.92 Å². The Morgan fingerprint density at radius 1 is 1.33 bits per heavy atom.